The highest BCUT2D eigenvalue weighted by Crippen LogP contribution is 2.27. The normalized spacial score (nSPS) is 15.3. The van der Waals surface area contributed by atoms with Gasteiger partial charge in [0.05, 0.1) is 7.11 Å². The molecule has 3 heteroatoms. The first kappa shape index (κ1) is 15.9. The van der Waals surface area contributed by atoms with E-state index in [0.29, 0.717) is 0 Å². The molecule has 1 aliphatic heterocycles. The summed E-state index contributed by atoms with van der Waals surface area (Å²) in [7, 11) is 1.71. The molecule has 2 aromatic carbocycles. The van der Waals surface area contributed by atoms with Gasteiger partial charge in [-0.1, -0.05) is 24.6 Å². The molecule has 1 heterocycles. The lowest BCUT2D eigenvalue weighted by molar-refractivity contribution is 0.234. The number of piperidine rings is 1. The largest absolute Gasteiger partial charge is 0.497 e. The van der Waals surface area contributed by atoms with Gasteiger partial charge in [-0.15, -0.1) is 0 Å². The summed E-state index contributed by atoms with van der Waals surface area (Å²) in [6.07, 6.45) is 4.07. The number of nitrogens with zero attached hydrogens (tertiary/aromatic N) is 2. The number of rotatable bonds is 6. The maximum atomic E-state index is 5.28. The van der Waals surface area contributed by atoms with Crippen molar-refractivity contribution in [2.24, 2.45) is 0 Å². The predicted octanol–water partition coefficient (Wildman–Crippen LogP) is 4.32. The molecule has 0 N–H and O–H groups in total. The molecule has 0 saturated carbocycles. The quantitative estimate of drug-likeness (QED) is 0.790. The Balaban J connectivity index is 1.75. The van der Waals surface area contributed by atoms with Crippen molar-refractivity contribution in [3.05, 3.63) is 54.6 Å². The first-order chi connectivity index (χ1) is 11.4. The van der Waals surface area contributed by atoms with Gasteiger partial charge < -0.3 is 14.5 Å². The molecule has 0 unspecified atom stereocenters. The van der Waals surface area contributed by atoms with Gasteiger partial charge in [-0.05, 0) is 62.3 Å². The van der Waals surface area contributed by atoms with Crippen LogP contribution in [0.1, 0.15) is 19.3 Å². The summed E-state index contributed by atoms with van der Waals surface area (Å²) in [6, 6.07) is 19.0. The summed E-state index contributed by atoms with van der Waals surface area (Å²) in [4.78, 5) is 4.98. The van der Waals surface area contributed by atoms with E-state index in [2.05, 4.69) is 52.3 Å². The Morgan fingerprint density at radius 2 is 1.52 bits per heavy atom. The molecule has 0 atom stereocenters. The number of anilines is 2. The van der Waals surface area contributed by atoms with Gasteiger partial charge in [0, 0.05) is 24.5 Å². The molecular formula is C20H26N2O. The van der Waals surface area contributed by atoms with Gasteiger partial charge in [0.25, 0.3) is 0 Å². The van der Waals surface area contributed by atoms with Crippen LogP contribution in [0.15, 0.2) is 54.6 Å². The van der Waals surface area contributed by atoms with Crippen molar-refractivity contribution in [1.82, 2.24) is 4.90 Å². The molecule has 3 rings (SSSR count). The van der Waals surface area contributed by atoms with Crippen LogP contribution in [0.25, 0.3) is 0 Å². The van der Waals surface area contributed by atoms with E-state index in [9.17, 15) is 0 Å². The van der Waals surface area contributed by atoms with Gasteiger partial charge in [0.2, 0.25) is 0 Å². The Kier molecular flexibility index (Phi) is 5.54. The van der Waals surface area contributed by atoms with E-state index >= 15 is 0 Å². The number of likely N-dealkylation sites (tertiary alicyclic amines) is 1. The average Bonchev–Trinajstić information content (AvgIpc) is 2.64. The lowest BCUT2D eigenvalue weighted by Gasteiger charge is -2.31. The van der Waals surface area contributed by atoms with Crippen molar-refractivity contribution in [3.8, 4) is 5.75 Å². The van der Waals surface area contributed by atoms with E-state index < -0.39 is 0 Å². The molecule has 0 spiro atoms. The molecule has 122 valence electrons. The Bertz CT molecular complexity index is 576. The van der Waals surface area contributed by atoms with Crippen molar-refractivity contribution < 1.29 is 4.74 Å². The van der Waals surface area contributed by atoms with Gasteiger partial charge in [-0.2, -0.15) is 0 Å². The van der Waals surface area contributed by atoms with Crippen molar-refractivity contribution in [1.29, 1.82) is 0 Å². The number of hydrogen-bond donors (Lipinski definition) is 0. The molecule has 0 amide bonds. The zero-order valence-electron chi connectivity index (χ0n) is 13.9. The minimum atomic E-state index is 0.901. The Morgan fingerprint density at radius 1 is 0.870 bits per heavy atom. The van der Waals surface area contributed by atoms with E-state index in [1.807, 2.05) is 12.1 Å². The zero-order chi connectivity index (χ0) is 15.9. The average molecular weight is 310 g/mol. The highest BCUT2D eigenvalue weighted by Gasteiger charge is 2.14. The second-order valence-corrected chi connectivity index (χ2v) is 6.09. The number of benzene rings is 2. The van der Waals surface area contributed by atoms with Gasteiger partial charge in [0.15, 0.2) is 0 Å². The summed E-state index contributed by atoms with van der Waals surface area (Å²) in [5, 5.41) is 0. The highest BCUT2D eigenvalue weighted by molar-refractivity contribution is 5.63. The first-order valence-electron chi connectivity index (χ1n) is 8.56. The number of methoxy groups -OCH3 is 1. The predicted molar refractivity (Wildman–Crippen MR) is 96.7 cm³/mol. The number of para-hydroxylation sites is 1. The lowest BCUT2D eigenvalue weighted by Crippen LogP contribution is -2.36. The summed E-state index contributed by atoms with van der Waals surface area (Å²) in [6.45, 7) is 4.60. The van der Waals surface area contributed by atoms with Gasteiger partial charge in [-0.3, -0.25) is 0 Å². The fourth-order valence-electron chi connectivity index (χ4n) is 3.20. The summed E-state index contributed by atoms with van der Waals surface area (Å²) >= 11 is 0. The van der Waals surface area contributed by atoms with Crippen LogP contribution in [-0.2, 0) is 0 Å². The third-order valence-corrected chi connectivity index (χ3v) is 4.54. The number of ether oxygens (including phenoxy) is 1. The number of hydrogen-bond acceptors (Lipinski definition) is 3. The van der Waals surface area contributed by atoms with Crippen molar-refractivity contribution in [2.75, 3.05) is 38.2 Å². The molecule has 2 aromatic rings. The smallest absolute Gasteiger partial charge is 0.119 e. The molecule has 3 nitrogen and oxygen atoms in total. The van der Waals surface area contributed by atoms with Crippen LogP contribution < -0.4 is 9.64 Å². The van der Waals surface area contributed by atoms with E-state index in [0.717, 1.165) is 18.8 Å². The molecule has 1 fully saturated rings. The fourth-order valence-corrected chi connectivity index (χ4v) is 3.20. The van der Waals surface area contributed by atoms with Crippen LogP contribution in [0.5, 0.6) is 5.75 Å². The molecule has 0 aliphatic carbocycles. The SMILES string of the molecule is COc1ccc(N(CCN2CCCCC2)c2ccccc2)cc1. The fraction of sp³-hybridized carbons (Fsp3) is 0.400. The monoisotopic (exact) mass is 310 g/mol. The van der Waals surface area contributed by atoms with Gasteiger partial charge in [0.1, 0.15) is 5.75 Å². The van der Waals surface area contributed by atoms with E-state index in [1.54, 1.807) is 7.11 Å². The topological polar surface area (TPSA) is 15.7 Å². The molecule has 0 aromatic heterocycles. The Labute approximate surface area is 139 Å². The minimum absolute atomic E-state index is 0.901. The molecule has 1 aliphatic rings. The van der Waals surface area contributed by atoms with Crippen LogP contribution in [-0.4, -0.2) is 38.2 Å². The van der Waals surface area contributed by atoms with Crippen LogP contribution in [0.3, 0.4) is 0 Å². The standard InChI is InChI=1S/C20H26N2O/c1-23-20-12-10-19(11-13-20)22(18-8-4-2-5-9-18)17-16-21-14-6-3-7-15-21/h2,4-5,8-13H,3,6-7,14-17H2,1H3. The summed E-state index contributed by atoms with van der Waals surface area (Å²) in [5.74, 6) is 0.901. The summed E-state index contributed by atoms with van der Waals surface area (Å²) < 4.78 is 5.28. The third-order valence-electron chi connectivity index (χ3n) is 4.54. The minimum Gasteiger partial charge on any atom is -0.497 e. The molecule has 0 bridgehead atoms. The Hall–Kier alpha value is -2.00. The second-order valence-electron chi connectivity index (χ2n) is 6.09. The van der Waals surface area contributed by atoms with E-state index in [-0.39, 0.29) is 0 Å². The molecule has 23 heavy (non-hydrogen) atoms. The summed E-state index contributed by atoms with van der Waals surface area (Å²) in [5.41, 5.74) is 2.46. The first-order valence-corrected chi connectivity index (χ1v) is 8.56. The van der Waals surface area contributed by atoms with Gasteiger partial charge >= 0.3 is 0 Å². The second kappa shape index (κ2) is 8.02. The zero-order valence-corrected chi connectivity index (χ0v) is 13.9. The van der Waals surface area contributed by atoms with Crippen molar-refractivity contribution in [2.45, 2.75) is 19.3 Å². The van der Waals surface area contributed by atoms with Crippen LogP contribution >= 0.6 is 0 Å². The Morgan fingerprint density at radius 3 is 2.17 bits per heavy atom. The van der Waals surface area contributed by atoms with Crippen LogP contribution in [0.4, 0.5) is 11.4 Å². The van der Waals surface area contributed by atoms with Gasteiger partial charge in [-0.25, -0.2) is 0 Å². The highest BCUT2D eigenvalue weighted by atomic mass is 16.5. The molecule has 0 radical (unpaired) electrons. The van der Waals surface area contributed by atoms with Crippen molar-refractivity contribution >= 4 is 11.4 Å². The van der Waals surface area contributed by atoms with E-state index in [4.69, 9.17) is 4.74 Å². The maximum absolute atomic E-state index is 5.28. The van der Waals surface area contributed by atoms with E-state index in [1.165, 1.54) is 43.7 Å². The lowest BCUT2D eigenvalue weighted by atomic mass is 10.1. The molecular weight excluding hydrogens is 284 g/mol. The van der Waals surface area contributed by atoms with Crippen molar-refractivity contribution in [3.63, 3.8) is 0 Å². The van der Waals surface area contributed by atoms with Crippen LogP contribution in [0.2, 0.25) is 0 Å². The maximum Gasteiger partial charge on any atom is 0.119 e. The molecule has 1 saturated heterocycles. The third kappa shape index (κ3) is 4.26. The van der Waals surface area contributed by atoms with Crippen LogP contribution in [0, 0.1) is 0 Å².